The van der Waals surface area contributed by atoms with Gasteiger partial charge in [0.15, 0.2) is 0 Å². The van der Waals surface area contributed by atoms with Crippen LogP contribution in [-0.2, 0) is 6.67 Å². The molecule has 0 amide bonds. The zero-order valence-corrected chi connectivity index (χ0v) is 5.10. The highest BCUT2D eigenvalue weighted by Gasteiger charge is 1.92. The van der Waals surface area contributed by atoms with Crippen molar-refractivity contribution in [3.8, 4) is 0 Å². The third-order valence-electron chi connectivity index (χ3n) is 1.26. The fourth-order valence-corrected chi connectivity index (χ4v) is 0.688. The molecule has 0 nitrogen and oxygen atoms in total. The third-order valence-corrected chi connectivity index (χ3v) is 1.26. The van der Waals surface area contributed by atoms with E-state index >= 15 is 0 Å². The van der Waals surface area contributed by atoms with Gasteiger partial charge in [0.1, 0.15) is 6.67 Å². The highest BCUT2D eigenvalue weighted by molar-refractivity contribution is 5.28. The molecule has 1 radical (unpaired) electrons. The Morgan fingerprint density at radius 3 is 2.44 bits per heavy atom. The van der Waals surface area contributed by atoms with E-state index in [-0.39, 0.29) is 0 Å². The zero-order valence-electron chi connectivity index (χ0n) is 5.10. The first-order valence-corrected chi connectivity index (χ1v) is 2.80. The summed E-state index contributed by atoms with van der Waals surface area (Å²) in [6.45, 7) is 3.23. The number of alkyl halides is 1. The summed E-state index contributed by atoms with van der Waals surface area (Å²) in [6, 6.07) is 7.20. The number of halogens is 1. The second-order valence-corrected chi connectivity index (χ2v) is 1.90. The van der Waals surface area contributed by atoms with Gasteiger partial charge in [0.25, 0.3) is 0 Å². The number of hydrogen-bond donors (Lipinski definition) is 0. The van der Waals surface area contributed by atoms with Gasteiger partial charge in [-0.15, -0.1) is 0 Å². The number of hydrogen-bond acceptors (Lipinski definition) is 0. The van der Waals surface area contributed by atoms with Gasteiger partial charge in [-0.25, -0.2) is 4.39 Å². The molecule has 0 bridgehead atoms. The maximum absolute atomic E-state index is 11.9. The minimum atomic E-state index is -0.417. The van der Waals surface area contributed by atoms with E-state index in [0.717, 1.165) is 5.56 Å². The van der Waals surface area contributed by atoms with Crippen LogP contribution < -0.4 is 0 Å². The van der Waals surface area contributed by atoms with E-state index < -0.39 is 6.67 Å². The molecule has 0 fully saturated rings. The Kier molecular flexibility index (Phi) is 1.83. The van der Waals surface area contributed by atoms with Crippen molar-refractivity contribution >= 4 is 0 Å². The lowest BCUT2D eigenvalue weighted by Crippen LogP contribution is -1.81. The topological polar surface area (TPSA) is 0 Å². The maximum Gasteiger partial charge on any atom is 0.115 e. The molecular weight excluding hydrogens is 115 g/mol. The van der Waals surface area contributed by atoms with Gasteiger partial charge in [-0.2, -0.15) is 0 Å². The van der Waals surface area contributed by atoms with Crippen LogP contribution in [0.3, 0.4) is 0 Å². The van der Waals surface area contributed by atoms with E-state index in [1.54, 1.807) is 12.1 Å². The van der Waals surface area contributed by atoms with Crippen molar-refractivity contribution in [1.82, 2.24) is 0 Å². The molecule has 1 aromatic rings. The van der Waals surface area contributed by atoms with E-state index in [1.807, 2.05) is 12.1 Å². The molecule has 1 rings (SSSR count). The van der Waals surface area contributed by atoms with Crippen LogP contribution in [0.1, 0.15) is 11.1 Å². The number of rotatable bonds is 1. The highest BCUT2D eigenvalue weighted by Crippen LogP contribution is 2.06. The summed E-state index contributed by atoms with van der Waals surface area (Å²) in [4.78, 5) is 0. The number of benzene rings is 1. The lowest BCUT2D eigenvalue weighted by Gasteiger charge is -1.96. The van der Waals surface area contributed by atoms with Crippen molar-refractivity contribution in [3.05, 3.63) is 42.3 Å². The average molecular weight is 123 g/mol. The summed E-state index contributed by atoms with van der Waals surface area (Å²) in [5.74, 6) is 0. The molecule has 1 aromatic carbocycles. The van der Waals surface area contributed by atoms with Crippen LogP contribution >= 0.6 is 0 Å². The third kappa shape index (κ3) is 1.28. The normalized spacial score (nSPS) is 9.56. The smallest absolute Gasteiger partial charge is 0.115 e. The Balaban J connectivity index is 3.01. The minimum absolute atomic E-state index is 0.417. The molecule has 9 heavy (non-hydrogen) atoms. The van der Waals surface area contributed by atoms with Crippen LogP contribution in [0.25, 0.3) is 0 Å². The fourth-order valence-electron chi connectivity index (χ4n) is 0.688. The highest BCUT2D eigenvalue weighted by atomic mass is 19.1. The van der Waals surface area contributed by atoms with Crippen LogP contribution in [-0.4, -0.2) is 0 Å². The summed E-state index contributed by atoms with van der Waals surface area (Å²) >= 11 is 0. The van der Waals surface area contributed by atoms with Gasteiger partial charge >= 0.3 is 0 Å². The van der Waals surface area contributed by atoms with E-state index in [4.69, 9.17) is 0 Å². The van der Waals surface area contributed by atoms with Crippen molar-refractivity contribution in [2.75, 3.05) is 0 Å². The Morgan fingerprint density at radius 2 is 2.00 bits per heavy atom. The molecule has 0 saturated carbocycles. The molecular formula is C8H8F. The Hall–Kier alpha value is -0.850. The van der Waals surface area contributed by atoms with Crippen LogP contribution in [0.4, 0.5) is 4.39 Å². The molecule has 0 unspecified atom stereocenters. The SMILES string of the molecule is [CH2]c1ccccc1CF. The van der Waals surface area contributed by atoms with E-state index in [0.29, 0.717) is 5.56 Å². The molecule has 0 aliphatic heterocycles. The monoisotopic (exact) mass is 123 g/mol. The lowest BCUT2D eigenvalue weighted by molar-refractivity contribution is 0.484. The van der Waals surface area contributed by atoms with Crippen LogP contribution in [0.5, 0.6) is 0 Å². The predicted octanol–water partition coefficient (Wildman–Crippen LogP) is 2.34. The predicted molar refractivity (Wildman–Crippen MR) is 35.7 cm³/mol. The van der Waals surface area contributed by atoms with Crippen LogP contribution in [0, 0.1) is 6.92 Å². The molecule has 0 N–H and O–H groups in total. The van der Waals surface area contributed by atoms with Gasteiger partial charge < -0.3 is 0 Å². The zero-order chi connectivity index (χ0) is 6.69. The van der Waals surface area contributed by atoms with Crippen molar-refractivity contribution in [1.29, 1.82) is 0 Å². The molecule has 47 valence electrons. The molecule has 0 aromatic heterocycles. The average Bonchev–Trinajstić information content (AvgIpc) is 1.89. The second kappa shape index (κ2) is 2.62. The second-order valence-electron chi connectivity index (χ2n) is 1.90. The molecule has 0 heterocycles. The Morgan fingerprint density at radius 1 is 1.33 bits per heavy atom. The van der Waals surface area contributed by atoms with E-state index in [9.17, 15) is 4.39 Å². The van der Waals surface area contributed by atoms with Gasteiger partial charge in [0, 0.05) is 0 Å². The molecule has 0 atom stereocenters. The summed E-state index contributed by atoms with van der Waals surface area (Å²) < 4.78 is 11.9. The van der Waals surface area contributed by atoms with Crippen molar-refractivity contribution in [2.24, 2.45) is 0 Å². The van der Waals surface area contributed by atoms with Gasteiger partial charge in [-0.1, -0.05) is 24.3 Å². The van der Waals surface area contributed by atoms with Crippen molar-refractivity contribution in [2.45, 2.75) is 6.67 Å². The summed E-state index contributed by atoms with van der Waals surface area (Å²) in [6.07, 6.45) is 0. The summed E-state index contributed by atoms with van der Waals surface area (Å²) in [5.41, 5.74) is 1.46. The van der Waals surface area contributed by atoms with Gasteiger partial charge in [0.2, 0.25) is 0 Å². The fraction of sp³-hybridized carbons (Fsp3) is 0.125. The van der Waals surface area contributed by atoms with Gasteiger partial charge in [-0.3, -0.25) is 0 Å². The standard InChI is InChI=1S/C8H8F/c1-7-4-2-3-5-8(7)6-9/h2-5H,1,6H2. The first kappa shape index (κ1) is 6.27. The minimum Gasteiger partial charge on any atom is -0.246 e. The van der Waals surface area contributed by atoms with E-state index in [1.165, 1.54) is 0 Å². The van der Waals surface area contributed by atoms with Crippen molar-refractivity contribution in [3.63, 3.8) is 0 Å². The van der Waals surface area contributed by atoms with Crippen LogP contribution in [0.15, 0.2) is 24.3 Å². The van der Waals surface area contributed by atoms with Crippen molar-refractivity contribution < 1.29 is 4.39 Å². The molecule has 0 aliphatic carbocycles. The first-order valence-electron chi connectivity index (χ1n) is 2.80. The summed E-state index contributed by atoms with van der Waals surface area (Å²) in [7, 11) is 0. The Bertz CT molecular complexity index is 194. The Labute approximate surface area is 54.3 Å². The first-order chi connectivity index (χ1) is 4.34. The van der Waals surface area contributed by atoms with Gasteiger partial charge in [-0.05, 0) is 18.1 Å². The summed E-state index contributed by atoms with van der Waals surface area (Å²) in [5, 5.41) is 0. The van der Waals surface area contributed by atoms with Gasteiger partial charge in [0.05, 0.1) is 0 Å². The molecule has 0 saturated heterocycles. The molecule has 0 spiro atoms. The molecule has 0 aliphatic rings. The van der Waals surface area contributed by atoms with E-state index in [2.05, 4.69) is 6.92 Å². The lowest BCUT2D eigenvalue weighted by atomic mass is 10.1. The van der Waals surface area contributed by atoms with Crippen LogP contribution in [0.2, 0.25) is 0 Å². The molecule has 1 heteroatoms. The quantitative estimate of drug-likeness (QED) is 0.537. The largest absolute Gasteiger partial charge is 0.246 e. The maximum atomic E-state index is 11.9.